The summed E-state index contributed by atoms with van der Waals surface area (Å²) in [4.78, 5) is 12.0. The molecular formula is C13H19ClFN3O3S. The quantitative estimate of drug-likeness (QED) is 0.770. The molecule has 1 fully saturated rings. The molecule has 0 bridgehead atoms. The van der Waals surface area contributed by atoms with Crippen LogP contribution >= 0.6 is 12.4 Å². The van der Waals surface area contributed by atoms with Gasteiger partial charge in [-0.2, -0.15) is 0 Å². The van der Waals surface area contributed by atoms with Crippen molar-refractivity contribution in [1.82, 2.24) is 5.32 Å². The van der Waals surface area contributed by atoms with Gasteiger partial charge in [0, 0.05) is 5.69 Å². The van der Waals surface area contributed by atoms with E-state index >= 15 is 0 Å². The molecule has 0 aliphatic carbocycles. The molecular weight excluding hydrogens is 333 g/mol. The molecule has 0 spiro atoms. The zero-order valence-corrected chi connectivity index (χ0v) is 13.7. The minimum absolute atomic E-state index is 0. The SMILES string of the molecule is CS(=O)(=O)Nc1cc(NC(=O)C2CCCCN2)ccc1F.Cl. The third-order valence-corrected chi connectivity index (χ3v) is 3.75. The van der Waals surface area contributed by atoms with Crippen LogP contribution in [0.3, 0.4) is 0 Å². The van der Waals surface area contributed by atoms with Crippen LogP contribution in [0.25, 0.3) is 0 Å². The minimum atomic E-state index is -3.58. The molecule has 0 aromatic heterocycles. The molecule has 1 amide bonds. The fourth-order valence-electron chi connectivity index (χ4n) is 2.19. The van der Waals surface area contributed by atoms with Gasteiger partial charge in [-0.3, -0.25) is 9.52 Å². The molecule has 1 aliphatic rings. The van der Waals surface area contributed by atoms with Crippen molar-refractivity contribution in [2.24, 2.45) is 0 Å². The van der Waals surface area contributed by atoms with E-state index in [0.29, 0.717) is 5.69 Å². The van der Waals surface area contributed by atoms with Crippen molar-refractivity contribution in [3.8, 4) is 0 Å². The Morgan fingerprint density at radius 2 is 2.09 bits per heavy atom. The van der Waals surface area contributed by atoms with E-state index in [1.807, 2.05) is 0 Å². The Kier molecular flexibility index (Phi) is 6.58. The second kappa shape index (κ2) is 7.75. The number of piperidine rings is 1. The standard InChI is InChI=1S/C13H18FN3O3S.ClH/c1-21(19,20)17-12-8-9(5-6-10(12)14)16-13(18)11-4-2-3-7-15-11;/h5-6,8,11,15,17H,2-4,7H2,1H3,(H,16,18);1H. The monoisotopic (exact) mass is 351 g/mol. The molecule has 9 heteroatoms. The average Bonchev–Trinajstić information content (AvgIpc) is 2.42. The highest BCUT2D eigenvalue weighted by Crippen LogP contribution is 2.21. The summed E-state index contributed by atoms with van der Waals surface area (Å²) in [5, 5.41) is 5.77. The smallest absolute Gasteiger partial charge is 0.241 e. The molecule has 3 N–H and O–H groups in total. The summed E-state index contributed by atoms with van der Waals surface area (Å²) in [6, 6.07) is 3.49. The van der Waals surface area contributed by atoms with Crippen molar-refractivity contribution in [3.05, 3.63) is 24.0 Å². The Morgan fingerprint density at radius 1 is 1.36 bits per heavy atom. The van der Waals surface area contributed by atoms with E-state index in [1.54, 1.807) is 0 Å². The van der Waals surface area contributed by atoms with Gasteiger partial charge in [0.15, 0.2) is 0 Å². The van der Waals surface area contributed by atoms with E-state index in [2.05, 4.69) is 15.4 Å². The van der Waals surface area contributed by atoms with Gasteiger partial charge < -0.3 is 10.6 Å². The van der Waals surface area contributed by atoms with E-state index < -0.39 is 15.8 Å². The lowest BCUT2D eigenvalue weighted by molar-refractivity contribution is -0.118. The Morgan fingerprint density at radius 3 is 2.68 bits per heavy atom. The van der Waals surface area contributed by atoms with Crippen molar-refractivity contribution < 1.29 is 17.6 Å². The zero-order valence-electron chi connectivity index (χ0n) is 12.1. The van der Waals surface area contributed by atoms with E-state index in [-0.39, 0.29) is 30.0 Å². The molecule has 0 radical (unpaired) electrons. The van der Waals surface area contributed by atoms with Crippen LogP contribution in [0, 0.1) is 5.82 Å². The van der Waals surface area contributed by atoms with Crippen LogP contribution in [0.4, 0.5) is 15.8 Å². The lowest BCUT2D eigenvalue weighted by Crippen LogP contribution is -2.43. The van der Waals surface area contributed by atoms with Crippen LogP contribution < -0.4 is 15.4 Å². The highest BCUT2D eigenvalue weighted by atomic mass is 35.5. The molecule has 1 aliphatic heterocycles. The molecule has 124 valence electrons. The van der Waals surface area contributed by atoms with Gasteiger partial charge >= 0.3 is 0 Å². The van der Waals surface area contributed by atoms with Gasteiger partial charge in [0.25, 0.3) is 0 Å². The second-order valence-corrected chi connectivity index (χ2v) is 6.81. The van der Waals surface area contributed by atoms with E-state index in [0.717, 1.165) is 38.1 Å². The lowest BCUT2D eigenvalue weighted by atomic mass is 10.0. The molecule has 2 rings (SSSR count). The van der Waals surface area contributed by atoms with Gasteiger partial charge in [0.2, 0.25) is 15.9 Å². The van der Waals surface area contributed by atoms with E-state index in [1.165, 1.54) is 12.1 Å². The number of rotatable bonds is 4. The maximum Gasteiger partial charge on any atom is 0.241 e. The number of benzene rings is 1. The fraction of sp³-hybridized carbons (Fsp3) is 0.462. The van der Waals surface area contributed by atoms with Crippen molar-refractivity contribution >= 4 is 39.7 Å². The number of hydrogen-bond donors (Lipinski definition) is 3. The first-order chi connectivity index (χ1) is 9.85. The Bertz CT molecular complexity index is 633. The number of sulfonamides is 1. The molecule has 22 heavy (non-hydrogen) atoms. The van der Waals surface area contributed by atoms with Crippen molar-refractivity contribution in [2.75, 3.05) is 22.8 Å². The van der Waals surface area contributed by atoms with Gasteiger partial charge in [-0.25, -0.2) is 12.8 Å². The van der Waals surface area contributed by atoms with Gasteiger partial charge in [0.05, 0.1) is 18.0 Å². The topological polar surface area (TPSA) is 87.3 Å². The third kappa shape index (κ3) is 5.43. The van der Waals surface area contributed by atoms with Gasteiger partial charge in [-0.15, -0.1) is 12.4 Å². The lowest BCUT2D eigenvalue weighted by Gasteiger charge is -2.22. The number of anilines is 2. The fourth-order valence-corrected chi connectivity index (χ4v) is 2.74. The molecule has 1 saturated heterocycles. The Labute approximate surface area is 135 Å². The first-order valence-electron chi connectivity index (χ1n) is 6.67. The number of nitrogens with one attached hydrogen (secondary N) is 3. The van der Waals surface area contributed by atoms with Crippen LogP contribution in [0.5, 0.6) is 0 Å². The molecule has 1 atom stereocenters. The minimum Gasteiger partial charge on any atom is -0.325 e. The second-order valence-electron chi connectivity index (χ2n) is 5.06. The average molecular weight is 352 g/mol. The molecule has 0 saturated carbocycles. The highest BCUT2D eigenvalue weighted by molar-refractivity contribution is 7.92. The van der Waals surface area contributed by atoms with Crippen molar-refractivity contribution in [3.63, 3.8) is 0 Å². The normalized spacial score (nSPS) is 18.2. The summed E-state index contributed by atoms with van der Waals surface area (Å²) < 4.78 is 37.9. The van der Waals surface area contributed by atoms with Crippen LogP contribution in [-0.4, -0.2) is 33.2 Å². The van der Waals surface area contributed by atoms with Crippen LogP contribution in [-0.2, 0) is 14.8 Å². The summed E-state index contributed by atoms with van der Waals surface area (Å²) in [6.07, 6.45) is 3.71. The first-order valence-corrected chi connectivity index (χ1v) is 8.56. The highest BCUT2D eigenvalue weighted by Gasteiger charge is 2.20. The van der Waals surface area contributed by atoms with E-state index in [9.17, 15) is 17.6 Å². The summed E-state index contributed by atoms with van der Waals surface area (Å²) in [5.41, 5.74) is 0.159. The van der Waals surface area contributed by atoms with Crippen molar-refractivity contribution in [2.45, 2.75) is 25.3 Å². The molecule has 1 aromatic carbocycles. The van der Waals surface area contributed by atoms with E-state index in [4.69, 9.17) is 0 Å². The predicted octanol–water partition coefficient (Wildman–Crippen LogP) is 1.70. The number of carbonyl (C=O) groups is 1. The number of amides is 1. The first kappa shape index (κ1) is 18.7. The largest absolute Gasteiger partial charge is 0.325 e. The van der Waals surface area contributed by atoms with Gasteiger partial charge in [-0.1, -0.05) is 6.42 Å². The molecule has 1 unspecified atom stereocenters. The van der Waals surface area contributed by atoms with Gasteiger partial charge in [0.1, 0.15) is 5.82 Å². The number of carbonyl (C=O) groups excluding carboxylic acids is 1. The summed E-state index contributed by atoms with van der Waals surface area (Å²) >= 11 is 0. The third-order valence-electron chi connectivity index (χ3n) is 3.16. The summed E-state index contributed by atoms with van der Waals surface area (Å²) in [6.45, 7) is 0.794. The Hall–Kier alpha value is -1.38. The molecule has 1 heterocycles. The van der Waals surface area contributed by atoms with Gasteiger partial charge in [-0.05, 0) is 37.6 Å². The molecule has 6 nitrogen and oxygen atoms in total. The summed E-state index contributed by atoms with van der Waals surface area (Å²) in [5.74, 6) is -0.902. The van der Waals surface area contributed by atoms with Crippen LogP contribution in [0.15, 0.2) is 18.2 Å². The predicted molar refractivity (Wildman–Crippen MR) is 86.4 cm³/mol. The molecule has 1 aromatic rings. The number of hydrogen-bond acceptors (Lipinski definition) is 4. The maximum atomic E-state index is 13.5. The maximum absolute atomic E-state index is 13.5. The Balaban J connectivity index is 0.00000242. The van der Waals surface area contributed by atoms with Crippen molar-refractivity contribution in [1.29, 1.82) is 0 Å². The summed E-state index contributed by atoms with van der Waals surface area (Å²) in [7, 11) is -3.58. The zero-order chi connectivity index (χ0) is 15.5. The number of halogens is 2. The van der Waals surface area contributed by atoms with Crippen LogP contribution in [0.1, 0.15) is 19.3 Å². The van der Waals surface area contributed by atoms with Crippen LogP contribution in [0.2, 0.25) is 0 Å².